The molecule has 0 aromatic carbocycles. The van der Waals surface area contributed by atoms with Crippen LogP contribution in [0.4, 0.5) is 0 Å². The molecule has 0 amide bonds. The third-order valence-electron chi connectivity index (χ3n) is 2.14. The molecule has 60 valence electrons. The van der Waals surface area contributed by atoms with E-state index in [4.69, 9.17) is 0 Å². The number of hydrogen-bond donors (Lipinski definition) is 0. The van der Waals surface area contributed by atoms with Gasteiger partial charge in [-0.15, -0.1) is 6.58 Å². The summed E-state index contributed by atoms with van der Waals surface area (Å²) < 4.78 is 2.27. The maximum absolute atomic E-state index is 3.73. The minimum Gasteiger partial charge on any atom is -0.345 e. The maximum Gasteiger partial charge on any atom is 0.0402 e. The van der Waals surface area contributed by atoms with Crippen molar-refractivity contribution < 1.29 is 0 Å². The fraction of sp³-hybridized carbons (Fsp3) is 0.400. The van der Waals surface area contributed by atoms with Crippen molar-refractivity contribution in [3.63, 3.8) is 0 Å². The zero-order chi connectivity index (χ0) is 8.43. The fourth-order valence-corrected chi connectivity index (χ4v) is 1.38. The van der Waals surface area contributed by atoms with Crippen LogP contribution in [0, 0.1) is 20.8 Å². The maximum atomic E-state index is 3.73. The SMILES string of the molecule is C=CCn1c(C)cc(C)c1C. The van der Waals surface area contributed by atoms with Crippen LogP contribution in [0.25, 0.3) is 0 Å². The van der Waals surface area contributed by atoms with E-state index in [9.17, 15) is 0 Å². The molecule has 0 saturated heterocycles. The van der Waals surface area contributed by atoms with Crippen molar-refractivity contribution in [3.05, 3.63) is 35.7 Å². The van der Waals surface area contributed by atoms with Crippen molar-refractivity contribution in [1.29, 1.82) is 0 Å². The second kappa shape index (κ2) is 2.95. The number of nitrogens with zero attached hydrogens (tertiary/aromatic N) is 1. The largest absolute Gasteiger partial charge is 0.345 e. The van der Waals surface area contributed by atoms with Gasteiger partial charge < -0.3 is 4.57 Å². The van der Waals surface area contributed by atoms with Crippen LogP contribution in [0.2, 0.25) is 0 Å². The molecule has 0 unspecified atom stereocenters. The molecule has 0 atom stereocenters. The number of rotatable bonds is 2. The molecule has 0 N–H and O–H groups in total. The Hall–Kier alpha value is -0.980. The van der Waals surface area contributed by atoms with E-state index in [1.807, 2.05) is 6.08 Å². The summed E-state index contributed by atoms with van der Waals surface area (Å²) in [7, 11) is 0. The molecular weight excluding hydrogens is 134 g/mol. The molecule has 1 heterocycles. The van der Waals surface area contributed by atoms with Gasteiger partial charge in [-0.05, 0) is 32.4 Å². The van der Waals surface area contributed by atoms with Crippen molar-refractivity contribution in [1.82, 2.24) is 4.57 Å². The lowest BCUT2D eigenvalue weighted by Crippen LogP contribution is -1.99. The molecule has 1 nitrogen and oxygen atoms in total. The Kier molecular flexibility index (Phi) is 2.18. The second-order valence-corrected chi connectivity index (χ2v) is 2.95. The summed E-state index contributed by atoms with van der Waals surface area (Å²) in [4.78, 5) is 0. The third kappa shape index (κ3) is 1.37. The van der Waals surface area contributed by atoms with Crippen molar-refractivity contribution in [3.8, 4) is 0 Å². The zero-order valence-corrected chi connectivity index (χ0v) is 7.52. The van der Waals surface area contributed by atoms with E-state index in [0.717, 1.165) is 6.54 Å². The van der Waals surface area contributed by atoms with Gasteiger partial charge in [-0.25, -0.2) is 0 Å². The van der Waals surface area contributed by atoms with Gasteiger partial charge in [0.05, 0.1) is 0 Å². The Morgan fingerprint density at radius 1 is 1.45 bits per heavy atom. The lowest BCUT2D eigenvalue weighted by Gasteiger charge is -2.04. The first-order valence-electron chi connectivity index (χ1n) is 3.91. The summed E-state index contributed by atoms with van der Waals surface area (Å²) in [5.41, 5.74) is 4.03. The van der Waals surface area contributed by atoms with E-state index in [2.05, 4.69) is 38.0 Å². The van der Waals surface area contributed by atoms with Crippen LogP contribution in [0.1, 0.15) is 17.0 Å². The summed E-state index contributed by atoms with van der Waals surface area (Å²) in [5.74, 6) is 0. The van der Waals surface area contributed by atoms with Crippen LogP contribution in [0.3, 0.4) is 0 Å². The van der Waals surface area contributed by atoms with Crippen LogP contribution in [-0.2, 0) is 6.54 Å². The van der Waals surface area contributed by atoms with Crippen LogP contribution >= 0.6 is 0 Å². The molecule has 0 spiro atoms. The molecule has 1 aromatic rings. The summed E-state index contributed by atoms with van der Waals surface area (Å²) in [6.45, 7) is 11.1. The summed E-state index contributed by atoms with van der Waals surface area (Å²) >= 11 is 0. The quantitative estimate of drug-likeness (QED) is 0.570. The zero-order valence-electron chi connectivity index (χ0n) is 7.52. The molecule has 1 aromatic heterocycles. The molecule has 0 radical (unpaired) electrons. The van der Waals surface area contributed by atoms with Crippen molar-refractivity contribution in [2.75, 3.05) is 0 Å². The van der Waals surface area contributed by atoms with Crippen LogP contribution in [0.15, 0.2) is 18.7 Å². The highest BCUT2D eigenvalue weighted by Crippen LogP contribution is 2.12. The van der Waals surface area contributed by atoms with E-state index < -0.39 is 0 Å². The first kappa shape index (κ1) is 8.12. The normalized spacial score (nSPS) is 10.1. The van der Waals surface area contributed by atoms with Gasteiger partial charge in [-0.3, -0.25) is 0 Å². The lowest BCUT2D eigenvalue weighted by molar-refractivity contribution is 0.766. The van der Waals surface area contributed by atoms with E-state index >= 15 is 0 Å². The molecule has 0 saturated carbocycles. The molecule has 0 aliphatic rings. The second-order valence-electron chi connectivity index (χ2n) is 2.95. The fourth-order valence-electron chi connectivity index (χ4n) is 1.38. The van der Waals surface area contributed by atoms with E-state index in [0.29, 0.717) is 0 Å². The Morgan fingerprint density at radius 3 is 2.45 bits per heavy atom. The van der Waals surface area contributed by atoms with E-state index in [-0.39, 0.29) is 0 Å². The minimum atomic E-state index is 0.922. The average Bonchev–Trinajstić information content (AvgIpc) is 2.17. The predicted molar refractivity (Wildman–Crippen MR) is 48.8 cm³/mol. The average molecular weight is 149 g/mol. The van der Waals surface area contributed by atoms with Gasteiger partial charge >= 0.3 is 0 Å². The topological polar surface area (TPSA) is 4.93 Å². The minimum absolute atomic E-state index is 0.922. The molecule has 11 heavy (non-hydrogen) atoms. The van der Waals surface area contributed by atoms with Crippen molar-refractivity contribution in [2.45, 2.75) is 27.3 Å². The van der Waals surface area contributed by atoms with Gasteiger partial charge in [0, 0.05) is 17.9 Å². The van der Waals surface area contributed by atoms with Gasteiger partial charge in [-0.2, -0.15) is 0 Å². The third-order valence-corrected chi connectivity index (χ3v) is 2.14. The molecule has 0 fully saturated rings. The molecule has 0 aliphatic heterocycles. The van der Waals surface area contributed by atoms with Crippen LogP contribution in [-0.4, -0.2) is 4.57 Å². The predicted octanol–water partition coefficient (Wildman–Crippen LogP) is 2.60. The van der Waals surface area contributed by atoms with Gasteiger partial charge in [0.1, 0.15) is 0 Å². The molecule has 0 bridgehead atoms. The highest BCUT2D eigenvalue weighted by molar-refractivity contribution is 5.25. The summed E-state index contributed by atoms with van der Waals surface area (Å²) in [5, 5.41) is 0. The number of aryl methyl sites for hydroxylation is 2. The Morgan fingerprint density at radius 2 is 2.09 bits per heavy atom. The molecule has 0 aliphatic carbocycles. The standard InChI is InChI=1S/C10H15N/c1-5-6-11-9(3)7-8(2)10(11)4/h5,7H,1,6H2,2-4H3. The smallest absolute Gasteiger partial charge is 0.0402 e. The van der Waals surface area contributed by atoms with Gasteiger partial charge in [-0.1, -0.05) is 6.08 Å². The molecule has 1 rings (SSSR count). The Balaban J connectivity index is 3.11. The van der Waals surface area contributed by atoms with Gasteiger partial charge in [0.2, 0.25) is 0 Å². The van der Waals surface area contributed by atoms with E-state index in [1.165, 1.54) is 17.0 Å². The van der Waals surface area contributed by atoms with Gasteiger partial charge in [0.25, 0.3) is 0 Å². The number of allylic oxidation sites excluding steroid dienone is 1. The van der Waals surface area contributed by atoms with Crippen molar-refractivity contribution >= 4 is 0 Å². The van der Waals surface area contributed by atoms with Crippen molar-refractivity contribution in [2.24, 2.45) is 0 Å². The Labute approximate surface area is 68.4 Å². The first-order chi connectivity index (χ1) is 5.16. The highest BCUT2D eigenvalue weighted by Gasteiger charge is 2.02. The molecular formula is C10H15N. The number of hydrogen-bond acceptors (Lipinski definition) is 0. The van der Waals surface area contributed by atoms with Crippen LogP contribution in [0.5, 0.6) is 0 Å². The Bertz CT molecular complexity index is 269. The monoisotopic (exact) mass is 149 g/mol. The number of aromatic nitrogens is 1. The van der Waals surface area contributed by atoms with Crippen LogP contribution < -0.4 is 0 Å². The summed E-state index contributed by atoms with van der Waals surface area (Å²) in [6, 6.07) is 2.21. The first-order valence-corrected chi connectivity index (χ1v) is 3.91. The van der Waals surface area contributed by atoms with E-state index in [1.54, 1.807) is 0 Å². The summed E-state index contributed by atoms with van der Waals surface area (Å²) in [6.07, 6.45) is 1.93. The lowest BCUT2D eigenvalue weighted by atomic mass is 10.3. The highest BCUT2D eigenvalue weighted by atomic mass is 15.0. The molecule has 1 heteroatoms. The van der Waals surface area contributed by atoms with Gasteiger partial charge in [0.15, 0.2) is 0 Å².